The molecule has 1 aromatic heterocycles. The van der Waals surface area contributed by atoms with Crippen molar-refractivity contribution in [2.45, 2.75) is 17.5 Å². The number of anilines is 1. The first kappa shape index (κ1) is 11.9. The predicted octanol–water partition coefficient (Wildman–Crippen LogP) is 0.181. The Morgan fingerprint density at radius 3 is 2.68 bits per heavy atom. The number of rotatable bonds is 2. The van der Waals surface area contributed by atoms with Gasteiger partial charge in [0.25, 0.3) is 0 Å². The summed E-state index contributed by atoms with van der Waals surface area (Å²) in [5, 5.41) is 0. The van der Waals surface area contributed by atoms with Gasteiger partial charge < -0.3 is 5.43 Å². The average Bonchev–Trinajstić information content (AvgIpc) is 2.95. The van der Waals surface area contributed by atoms with E-state index in [1.54, 1.807) is 0 Å². The Balaban J connectivity index is 1.71. The highest BCUT2D eigenvalue weighted by molar-refractivity contribution is 7.98. The molecule has 19 heavy (non-hydrogen) atoms. The van der Waals surface area contributed by atoms with Crippen molar-refractivity contribution < 1.29 is 0 Å². The van der Waals surface area contributed by atoms with E-state index in [2.05, 4.69) is 20.2 Å². The van der Waals surface area contributed by atoms with E-state index in [0.29, 0.717) is 6.04 Å². The van der Waals surface area contributed by atoms with Crippen LogP contribution < -0.4 is 11.3 Å². The van der Waals surface area contributed by atoms with Crippen LogP contribution in [0.2, 0.25) is 0 Å². The molecular formula is C12H18N6S. The van der Waals surface area contributed by atoms with E-state index in [0.717, 1.165) is 42.8 Å². The van der Waals surface area contributed by atoms with Gasteiger partial charge in [0.1, 0.15) is 11.6 Å². The predicted molar refractivity (Wildman–Crippen MR) is 75.6 cm³/mol. The molecule has 3 saturated heterocycles. The molecule has 4 aliphatic heterocycles. The molecule has 5 heterocycles. The molecule has 7 heteroatoms. The highest BCUT2D eigenvalue weighted by Crippen LogP contribution is 2.35. The van der Waals surface area contributed by atoms with E-state index in [1.807, 2.05) is 11.8 Å². The Labute approximate surface area is 116 Å². The molecule has 6 nitrogen and oxygen atoms in total. The molecule has 0 aliphatic carbocycles. The summed E-state index contributed by atoms with van der Waals surface area (Å²) in [6.45, 7) is 5.67. The summed E-state index contributed by atoms with van der Waals surface area (Å²) in [6, 6.07) is 0.338. The normalized spacial score (nSPS) is 32.4. The molecule has 3 N–H and O–H groups in total. The maximum absolute atomic E-state index is 5.62. The zero-order valence-electron chi connectivity index (χ0n) is 10.8. The van der Waals surface area contributed by atoms with E-state index in [9.17, 15) is 0 Å². The topological polar surface area (TPSA) is 70.3 Å². The van der Waals surface area contributed by atoms with Crippen molar-refractivity contribution in [1.29, 1.82) is 0 Å². The Kier molecular flexibility index (Phi) is 2.87. The summed E-state index contributed by atoms with van der Waals surface area (Å²) in [4.78, 5) is 14.5. The van der Waals surface area contributed by atoms with Crippen molar-refractivity contribution in [1.82, 2.24) is 19.8 Å². The molecule has 0 aromatic carbocycles. The van der Waals surface area contributed by atoms with Crippen LogP contribution >= 0.6 is 11.8 Å². The van der Waals surface area contributed by atoms with Crippen molar-refractivity contribution in [2.24, 2.45) is 5.84 Å². The fourth-order valence-electron chi connectivity index (χ4n) is 3.20. The monoisotopic (exact) mass is 278 g/mol. The highest BCUT2D eigenvalue weighted by atomic mass is 32.2. The summed E-state index contributed by atoms with van der Waals surface area (Å²) >= 11 is 1.88. The summed E-state index contributed by atoms with van der Waals surface area (Å²) in [6.07, 6.45) is 0. The van der Waals surface area contributed by atoms with Crippen LogP contribution in [-0.2, 0) is 11.5 Å². The van der Waals surface area contributed by atoms with Crippen LogP contribution in [0.3, 0.4) is 0 Å². The largest absolute Gasteiger partial charge is 0.308 e. The van der Waals surface area contributed by atoms with Crippen LogP contribution in [0.4, 0.5) is 5.82 Å². The second-order valence-corrected chi connectivity index (χ2v) is 6.33. The number of nitrogen functional groups attached to an aromatic ring is 1. The van der Waals surface area contributed by atoms with Gasteiger partial charge in [0, 0.05) is 49.8 Å². The van der Waals surface area contributed by atoms with E-state index in [1.165, 1.54) is 24.3 Å². The zero-order valence-corrected chi connectivity index (χ0v) is 11.6. The molecule has 1 unspecified atom stereocenters. The lowest BCUT2D eigenvalue weighted by Crippen LogP contribution is -2.57. The number of hydrazine groups is 1. The van der Waals surface area contributed by atoms with Gasteiger partial charge in [-0.3, -0.25) is 9.80 Å². The van der Waals surface area contributed by atoms with Gasteiger partial charge in [0.15, 0.2) is 0 Å². The molecule has 0 saturated carbocycles. The number of fused-ring (bicyclic) bond motifs is 4. The van der Waals surface area contributed by atoms with E-state index >= 15 is 0 Å². The number of hydrogen-bond acceptors (Lipinski definition) is 7. The molecule has 102 valence electrons. The first-order chi connectivity index (χ1) is 9.35. The molecular weight excluding hydrogens is 260 g/mol. The second-order valence-electron chi connectivity index (χ2n) is 5.35. The van der Waals surface area contributed by atoms with Gasteiger partial charge in [0.2, 0.25) is 0 Å². The summed E-state index contributed by atoms with van der Waals surface area (Å²) < 4.78 is 0. The molecule has 1 aromatic rings. The Hall–Kier alpha value is -0.890. The first-order valence-electron chi connectivity index (χ1n) is 6.75. The zero-order chi connectivity index (χ0) is 12.8. The maximum Gasteiger partial charge on any atom is 0.149 e. The molecule has 5 rings (SSSR count). The summed E-state index contributed by atoms with van der Waals surface area (Å²) in [5.74, 6) is 9.34. The van der Waals surface area contributed by atoms with E-state index < -0.39 is 0 Å². The van der Waals surface area contributed by atoms with Gasteiger partial charge in [-0.1, -0.05) is 0 Å². The van der Waals surface area contributed by atoms with Crippen LogP contribution in [0, 0.1) is 0 Å². The molecule has 0 amide bonds. The molecule has 0 spiro atoms. The standard InChI is InChI=1S/C12H18N6S/c13-16-11-8-6-19-7-9(8)14-12(15-11)10-5-17-1-3-18(10)4-2-17/h10H,1-7,13H2,(H,14,15,16). The smallest absolute Gasteiger partial charge is 0.149 e. The number of nitrogens with two attached hydrogens (primary N) is 1. The van der Waals surface area contributed by atoms with Crippen molar-refractivity contribution in [3.63, 3.8) is 0 Å². The number of aromatic nitrogens is 2. The van der Waals surface area contributed by atoms with Crippen LogP contribution in [0.15, 0.2) is 0 Å². The van der Waals surface area contributed by atoms with Crippen molar-refractivity contribution in [2.75, 3.05) is 38.1 Å². The van der Waals surface area contributed by atoms with Crippen LogP contribution in [0.5, 0.6) is 0 Å². The fourth-order valence-corrected chi connectivity index (χ4v) is 4.24. The summed E-state index contributed by atoms with van der Waals surface area (Å²) in [5.41, 5.74) is 5.11. The summed E-state index contributed by atoms with van der Waals surface area (Å²) in [7, 11) is 0. The number of nitrogens with one attached hydrogen (secondary N) is 1. The SMILES string of the molecule is NNc1nc(C2CN3CCN2CC3)nc2c1CSC2. The van der Waals surface area contributed by atoms with Gasteiger partial charge in [-0.15, -0.1) is 0 Å². The van der Waals surface area contributed by atoms with Gasteiger partial charge in [-0.25, -0.2) is 15.8 Å². The molecule has 2 bridgehead atoms. The van der Waals surface area contributed by atoms with Gasteiger partial charge in [-0.2, -0.15) is 11.8 Å². The van der Waals surface area contributed by atoms with E-state index in [4.69, 9.17) is 10.8 Å². The lowest BCUT2D eigenvalue weighted by Gasteiger charge is -2.46. The number of piperazine rings is 3. The third kappa shape index (κ3) is 1.92. The molecule has 0 radical (unpaired) electrons. The second kappa shape index (κ2) is 4.59. The molecule has 1 atom stereocenters. The van der Waals surface area contributed by atoms with Crippen LogP contribution in [0.1, 0.15) is 23.1 Å². The molecule has 4 aliphatic rings. The van der Waals surface area contributed by atoms with Crippen molar-refractivity contribution in [3.05, 3.63) is 17.1 Å². The minimum absolute atomic E-state index is 0.338. The first-order valence-corrected chi connectivity index (χ1v) is 7.91. The van der Waals surface area contributed by atoms with E-state index in [-0.39, 0.29) is 0 Å². The maximum atomic E-state index is 5.62. The Morgan fingerprint density at radius 2 is 2.00 bits per heavy atom. The fraction of sp³-hybridized carbons (Fsp3) is 0.667. The van der Waals surface area contributed by atoms with Gasteiger partial charge in [0.05, 0.1) is 11.7 Å². The van der Waals surface area contributed by atoms with Gasteiger partial charge >= 0.3 is 0 Å². The number of hydrogen-bond donors (Lipinski definition) is 2. The molecule has 3 fully saturated rings. The van der Waals surface area contributed by atoms with Crippen LogP contribution in [-0.4, -0.2) is 52.5 Å². The lowest BCUT2D eigenvalue weighted by atomic mass is 10.1. The Morgan fingerprint density at radius 1 is 1.16 bits per heavy atom. The van der Waals surface area contributed by atoms with Crippen LogP contribution in [0.25, 0.3) is 0 Å². The third-order valence-corrected chi connectivity index (χ3v) is 5.28. The van der Waals surface area contributed by atoms with Crippen molar-refractivity contribution in [3.8, 4) is 0 Å². The van der Waals surface area contributed by atoms with Crippen molar-refractivity contribution >= 4 is 17.6 Å². The highest BCUT2D eigenvalue weighted by Gasteiger charge is 2.35. The lowest BCUT2D eigenvalue weighted by molar-refractivity contribution is 0.00863. The minimum atomic E-state index is 0.338. The minimum Gasteiger partial charge on any atom is -0.308 e. The third-order valence-electron chi connectivity index (χ3n) is 4.31. The average molecular weight is 278 g/mol. The quantitative estimate of drug-likeness (QED) is 0.591. The number of thioether (sulfide) groups is 1. The van der Waals surface area contributed by atoms with Gasteiger partial charge in [-0.05, 0) is 0 Å². The Bertz CT molecular complexity index is 499. The number of nitrogens with zero attached hydrogens (tertiary/aromatic N) is 4.